The van der Waals surface area contributed by atoms with Crippen molar-refractivity contribution in [3.8, 4) is 0 Å². The maximum Gasteiger partial charge on any atom is 0.251 e. The normalized spacial score (nSPS) is 13.8. The molecule has 0 fully saturated rings. The molecule has 4 heteroatoms. The molecule has 2 rings (SSSR count). The van der Waals surface area contributed by atoms with Crippen molar-refractivity contribution in [3.05, 3.63) is 57.8 Å². The van der Waals surface area contributed by atoms with Crippen LogP contribution in [0.4, 0.5) is 0 Å². The quantitative estimate of drug-likeness (QED) is 0.889. The van der Waals surface area contributed by atoms with Crippen LogP contribution in [0.15, 0.2) is 41.1 Å². The second-order valence-electron chi connectivity index (χ2n) is 5.30. The van der Waals surface area contributed by atoms with Gasteiger partial charge >= 0.3 is 0 Å². The number of carbonyl (C=O) groups is 1. The summed E-state index contributed by atoms with van der Waals surface area (Å²) in [6.07, 6.45) is 0.532. The van der Waals surface area contributed by atoms with Crippen LogP contribution in [-0.2, 0) is 6.42 Å². The van der Waals surface area contributed by atoms with Crippen molar-refractivity contribution < 1.29 is 9.90 Å². The molecule has 3 nitrogen and oxygen atoms in total. The SMILES string of the molecule is Cc1ccccc1C(=O)NCC(C)(O)Cc1ccsc1. The third-order valence-electron chi connectivity index (χ3n) is 3.18. The van der Waals surface area contributed by atoms with Crippen LogP contribution < -0.4 is 5.32 Å². The van der Waals surface area contributed by atoms with Gasteiger partial charge in [0.05, 0.1) is 5.60 Å². The summed E-state index contributed by atoms with van der Waals surface area (Å²) in [5, 5.41) is 17.1. The predicted molar refractivity (Wildman–Crippen MR) is 82.2 cm³/mol. The van der Waals surface area contributed by atoms with Gasteiger partial charge in [0, 0.05) is 18.5 Å². The number of aliphatic hydroxyl groups is 1. The number of carbonyl (C=O) groups excluding carboxylic acids is 1. The van der Waals surface area contributed by atoms with Gasteiger partial charge in [0.25, 0.3) is 5.91 Å². The van der Waals surface area contributed by atoms with Crippen LogP contribution in [0.1, 0.15) is 28.4 Å². The molecule has 0 aliphatic rings. The highest BCUT2D eigenvalue weighted by Gasteiger charge is 2.22. The highest BCUT2D eigenvalue weighted by atomic mass is 32.1. The first-order chi connectivity index (χ1) is 9.48. The summed E-state index contributed by atoms with van der Waals surface area (Å²) in [7, 11) is 0. The van der Waals surface area contributed by atoms with Crippen molar-refractivity contribution in [2.75, 3.05) is 6.54 Å². The van der Waals surface area contributed by atoms with E-state index in [1.54, 1.807) is 24.3 Å². The molecule has 0 saturated heterocycles. The zero-order valence-corrected chi connectivity index (χ0v) is 12.5. The number of hydrogen-bond donors (Lipinski definition) is 2. The lowest BCUT2D eigenvalue weighted by atomic mass is 9.98. The van der Waals surface area contributed by atoms with Crippen molar-refractivity contribution in [1.29, 1.82) is 0 Å². The van der Waals surface area contributed by atoms with E-state index in [2.05, 4.69) is 5.32 Å². The highest BCUT2D eigenvalue weighted by molar-refractivity contribution is 7.07. The summed E-state index contributed by atoms with van der Waals surface area (Å²) in [6.45, 7) is 3.87. The molecule has 20 heavy (non-hydrogen) atoms. The van der Waals surface area contributed by atoms with Crippen LogP contribution in [0.3, 0.4) is 0 Å². The predicted octanol–water partition coefficient (Wildman–Crippen LogP) is 2.78. The van der Waals surface area contributed by atoms with Gasteiger partial charge in [-0.2, -0.15) is 11.3 Å². The van der Waals surface area contributed by atoms with E-state index >= 15 is 0 Å². The van der Waals surface area contributed by atoms with Gasteiger partial charge in [0.15, 0.2) is 0 Å². The molecule has 1 unspecified atom stereocenters. The monoisotopic (exact) mass is 289 g/mol. The van der Waals surface area contributed by atoms with Crippen LogP contribution in [0.5, 0.6) is 0 Å². The van der Waals surface area contributed by atoms with Crippen LogP contribution in [-0.4, -0.2) is 23.2 Å². The van der Waals surface area contributed by atoms with Crippen LogP contribution >= 0.6 is 11.3 Å². The van der Waals surface area contributed by atoms with Crippen molar-refractivity contribution >= 4 is 17.2 Å². The number of thiophene rings is 1. The molecule has 1 amide bonds. The molecule has 1 aromatic heterocycles. The second kappa shape index (κ2) is 6.20. The Morgan fingerprint density at radius 1 is 1.35 bits per heavy atom. The van der Waals surface area contributed by atoms with Crippen molar-refractivity contribution in [2.45, 2.75) is 25.9 Å². The Morgan fingerprint density at radius 2 is 2.10 bits per heavy atom. The Balaban J connectivity index is 1.94. The number of hydrogen-bond acceptors (Lipinski definition) is 3. The molecule has 0 aliphatic heterocycles. The molecule has 1 aromatic carbocycles. The molecule has 1 atom stereocenters. The first-order valence-corrected chi connectivity index (χ1v) is 7.49. The van der Waals surface area contributed by atoms with Crippen LogP contribution in [0, 0.1) is 6.92 Å². The third kappa shape index (κ3) is 3.92. The first kappa shape index (κ1) is 14.8. The van der Waals surface area contributed by atoms with Gasteiger partial charge in [0.2, 0.25) is 0 Å². The van der Waals surface area contributed by atoms with E-state index in [1.165, 1.54) is 0 Å². The molecular formula is C16H19NO2S. The fraction of sp³-hybridized carbons (Fsp3) is 0.312. The van der Waals surface area contributed by atoms with Crippen molar-refractivity contribution in [1.82, 2.24) is 5.32 Å². The van der Waals surface area contributed by atoms with Crippen molar-refractivity contribution in [3.63, 3.8) is 0 Å². The number of rotatable bonds is 5. The Bertz CT molecular complexity index is 576. The molecule has 106 valence electrons. The Hall–Kier alpha value is -1.65. The second-order valence-corrected chi connectivity index (χ2v) is 6.08. The van der Waals surface area contributed by atoms with E-state index < -0.39 is 5.60 Å². The maximum absolute atomic E-state index is 12.1. The largest absolute Gasteiger partial charge is 0.388 e. The molecule has 2 aromatic rings. The van der Waals surface area contributed by atoms with Gasteiger partial charge < -0.3 is 10.4 Å². The van der Waals surface area contributed by atoms with Crippen LogP contribution in [0.25, 0.3) is 0 Å². The summed E-state index contributed by atoms with van der Waals surface area (Å²) in [6, 6.07) is 9.42. The minimum Gasteiger partial charge on any atom is -0.388 e. The molecule has 1 heterocycles. The zero-order chi connectivity index (χ0) is 14.6. The van der Waals surface area contributed by atoms with E-state index in [0.717, 1.165) is 11.1 Å². The molecule has 0 radical (unpaired) electrons. The molecule has 0 saturated carbocycles. The fourth-order valence-corrected chi connectivity index (χ4v) is 2.76. The molecule has 2 N–H and O–H groups in total. The molecule has 0 spiro atoms. The van der Waals surface area contributed by atoms with E-state index in [-0.39, 0.29) is 12.5 Å². The lowest BCUT2D eigenvalue weighted by Crippen LogP contribution is -2.42. The summed E-state index contributed by atoms with van der Waals surface area (Å²) in [5.41, 5.74) is 1.73. The number of aryl methyl sites for hydroxylation is 1. The zero-order valence-electron chi connectivity index (χ0n) is 11.7. The minimum absolute atomic E-state index is 0.145. The van der Waals surface area contributed by atoms with Gasteiger partial charge in [-0.15, -0.1) is 0 Å². The van der Waals surface area contributed by atoms with Crippen LogP contribution in [0.2, 0.25) is 0 Å². The van der Waals surface area contributed by atoms with E-state index in [0.29, 0.717) is 12.0 Å². The Labute approximate surface area is 123 Å². The first-order valence-electron chi connectivity index (χ1n) is 6.55. The molecule has 0 aliphatic carbocycles. The summed E-state index contributed by atoms with van der Waals surface area (Å²) < 4.78 is 0. The van der Waals surface area contributed by atoms with Crippen molar-refractivity contribution in [2.24, 2.45) is 0 Å². The molecule has 0 bridgehead atoms. The average Bonchev–Trinajstić information content (AvgIpc) is 2.89. The Kier molecular flexibility index (Phi) is 4.57. The fourth-order valence-electron chi connectivity index (χ4n) is 2.09. The number of nitrogens with one attached hydrogen (secondary N) is 1. The van der Waals surface area contributed by atoms with E-state index in [9.17, 15) is 9.90 Å². The smallest absolute Gasteiger partial charge is 0.251 e. The van der Waals surface area contributed by atoms with Gasteiger partial charge in [0.1, 0.15) is 0 Å². The summed E-state index contributed by atoms with van der Waals surface area (Å²) >= 11 is 1.61. The van der Waals surface area contributed by atoms with Gasteiger partial charge in [-0.25, -0.2) is 0 Å². The topological polar surface area (TPSA) is 49.3 Å². The number of benzene rings is 1. The van der Waals surface area contributed by atoms with Gasteiger partial charge in [-0.1, -0.05) is 18.2 Å². The third-order valence-corrected chi connectivity index (χ3v) is 3.92. The standard InChI is InChI=1S/C16H19NO2S/c1-12-5-3-4-6-14(12)15(18)17-11-16(2,19)9-13-7-8-20-10-13/h3-8,10,19H,9,11H2,1-2H3,(H,17,18). The average molecular weight is 289 g/mol. The van der Waals surface area contributed by atoms with E-state index in [1.807, 2.05) is 41.9 Å². The lowest BCUT2D eigenvalue weighted by molar-refractivity contribution is 0.0553. The van der Waals surface area contributed by atoms with E-state index in [4.69, 9.17) is 0 Å². The van der Waals surface area contributed by atoms with Gasteiger partial charge in [-0.3, -0.25) is 4.79 Å². The molecular weight excluding hydrogens is 270 g/mol. The maximum atomic E-state index is 12.1. The summed E-state index contributed by atoms with van der Waals surface area (Å²) in [4.78, 5) is 12.1. The Morgan fingerprint density at radius 3 is 2.75 bits per heavy atom. The number of amides is 1. The van der Waals surface area contributed by atoms with Gasteiger partial charge in [-0.05, 0) is 47.9 Å². The highest BCUT2D eigenvalue weighted by Crippen LogP contribution is 2.15. The minimum atomic E-state index is -0.945. The lowest BCUT2D eigenvalue weighted by Gasteiger charge is -2.23. The summed E-state index contributed by atoms with van der Waals surface area (Å²) in [5.74, 6) is -0.145.